The van der Waals surface area contributed by atoms with Crippen LogP contribution in [0.15, 0.2) is 0 Å². The summed E-state index contributed by atoms with van der Waals surface area (Å²) in [6.45, 7) is 3.56. The largest absolute Gasteiger partial charge is 0.313 e. The van der Waals surface area contributed by atoms with Crippen LogP contribution in [0.2, 0.25) is 0 Å². The third-order valence-corrected chi connectivity index (χ3v) is 6.88. The lowest BCUT2D eigenvalue weighted by atomic mass is 9.64. The summed E-state index contributed by atoms with van der Waals surface area (Å²) in [7, 11) is 0. The van der Waals surface area contributed by atoms with E-state index < -0.39 is 0 Å². The van der Waals surface area contributed by atoms with Crippen LogP contribution in [0.25, 0.3) is 0 Å². The van der Waals surface area contributed by atoms with Gasteiger partial charge in [-0.05, 0) is 68.7 Å². The minimum Gasteiger partial charge on any atom is -0.313 e. The van der Waals surface area contributed by atoms with Gasteiger partial charge in [-0.1, -0.05) is 51.9 Å². The van der Waals surface area contributed by atoms with Crippen LogP contribution in [0.5, 0.6) is 0 Å². The minimum absolute atomic E-state index is 0.855. The maximum absolute atomic E-state index is 4.00. The fourth-order valence-corrected chi connectivity index (χ4v) is 5.76. The van der Waals surface area contributed by atoms with Gasteiger partial charge in [0.1, 0.15) is 0 Å². The molecule has 0 heterocycles. The summed E-state index contributed by atoms with van der Waals surface area (Å²) in [6, 6.07) is 0.855. The average molecular weight is 292 g/mol. The molecule has 0 spiro atoms. The van der Waals surface area contributed by atoms with Crippen molar-refractivity contribution in [1.82, 2.24) is 5.32 Å². The Morgan fingerprint density at radius 2 is 1.48 bits per heavy atom. The summed E-state index contributed by atoms with van der Waals surface area (Å²) in [6.07, 6.45) is 19.6. The molecule has 3 rings (SSSR count). The van der Waals surface area contributed by atoms with Crippen LogP contribution in [0.1, 0.15) is 90.4 Å². The van der Waals surface area contributed by atoms with Crippen molar-refractivity contribution in [2.24, 2.45) is 23.7 Å². The van der Waals surface area contributed by atoms with Crippen LogP contribution in [-0.2, 0) is 0 Å². The Balaban J connectivity index is 1.61. The molecular weight excluding hydrogens is 254 g/mol. The molecule has 1 nitrogen and oxygen atoms in total. The van der Waals surface area contributed by atoms with E-state index in [4.69, 9.17) is 0 Å². The summed E-state index contributed by atoms with van der Waals surface area (Å²) in [5.74, 6) is 4.19. The first-order valence-corrected chi connectivity index (χ1v) is 10.1. The van der Waals surface area contributed by atoms with Crippen LogP contribution in [-0.4, -0.2) is 12.6 Å². The first-order valence-electron chi connectivity index (χ1n) is 10.1. The van der Waals surface area contributed by atoms with Crippen LogP contribution in [0.4, 0.5) is 0 Å². The predicted octanol–water partition coefficient (Wildman–Crippen LogP) is 5.54. The van der Waals surface area contributed by atoms with E-state index in [9.17, 15) is 0 Å². The van der Waals surface area contributed by atoms with E-state index in [1.807, 2.05) is 0 Å². The SMILES string of the molecule is CCCNC(C1CCCCC1)C1CCC2CCCCC2C1. The number of nitrogens with one attached hydrogen (secondary N) is 1. The highest BCUT2D eigenvalue weighted by Gasteiger charge is 2.37. The molecule has 0 aromatic carbocycles. The maximum Gasteiger partial charge on any atom is 0.0124 e. The lowest BCUT2D eigenvalue weighted by Gasteiger charge is -2.45. The molecule has 21 heavy (non-hydrogen) atoms. The molecule has 1 N–H and O–H groups in total. The first-order chi connectivity index (χ1) is 10.4. The normalized spacial score (nSPS) is 36.1. The minimum atomic E-state index is 0.855. The topological polar surface area (TPSA) is 12.0 Å². The van der Waals surface area contributed by atoms with E-state index in [1.165, 1.54) is 64.3 Å². The highest BCUT2D eigenvalue weighted by Crippen LogP contribution is 2.45. The molecule has 0 amide bonds. The molecule has 0 aromatic rings. The van der Waals surface area contributed by atoms with E-state index in [0.717, 1.165) is 29.7 Å². The molecule has 1 heteroatoms. The quantitative estimate of drug-likeness (QED) is 0.701. The zero-order chi connectivity index (χ0) is 14.5. The van der Waals surface area contributed by atoms with Gasteiger partial charge in [0.25, 0.3) is 0 Å². The highest BCUT2D eigenvalue weighted by atomic mass is 14.9. The fraction of sp³-hybridized carbons (Fsp3) is 1.00. The highest BCUT2D eigenvalue weighted by molar-refractivity contribution is 4.91. The molecule has 0 aliphatic heterocycles. The number of rotatable bonds is 5. The summed E-state index contributed by atoms with van der Waals surface area (Å²) in [5.41, 5.74) is 0. The molecular formula is C20H37N. The van der Waals surface area contributed by atoms with E-state index in [1.54, 1.807) is 25.7 Å². The van der Waals surface area contributed by atoms with Crippen molar-refractivity contribution in [2.45, 2.75) is 96.4 Å². The van der Waals surface area contributed by atoms with E-state index in [-0.39, 0.29) is 0 Å². The fourth-order valence-electron chi connectivity index (χ4n) is 5.76. The van der Waals surface area contributed by atoms with Gasteiger partial charge in [-0.2, -0.15) is 0 Å². The van der Waals surface area contributed by atoms with Gasteiger partial charge in [0.2, 0.25) is 0 Å². The third kappa shape index (κ3) is 4.03. The molecule has 0 bridgehead atoms. The van der Waals surface area contributed by atoms with Crippen molar-refractivity contribution >= 4 is 0 Å². The van der Waals surface area contributed by atoms with Crippen LogP contribution < -0.4 is 5.32 Å². The van der Waals surface area contributed by atoms with Gasteiger partial charge in [0, 0.05) is 6.04 Å². The molecule has 3 aliphatic carbocycles. The zero-order valence-electron chi connectivity index (χ0n) is 14.3. The lowest BCUT2D eigenvalue weighted by Crippen LogP contribution is -2.46. The second-order valence-corrected chi connectivity index (χ2v) is 8.26. The van der Waals surface area contributed by atoms with Gasteiger partial charge in [-0.15, -0.1) is 0 Å². The van der Waals surface area contributed by atoms with Crippen molar-refractivity contribution < 1.29 is 0 Å². The van der Waals surface area contributed by atoms with Gasteiger partial charge < -0.3 is 5.32 Å². The van der Waals surface area contributed by atoms with E-state index >= 15 is 0 Å². The molecule has 3 aliphatic rings. The van der Waals surface area contributed by atoms with E-state index in [2.05, 4.69) is 12.2 Å². The first kappa shape index (κ1) is 15.8. The van der Waals surface area contributed by atoms with E-state index in [0.29, 0.717) is 0 Å². The summed E-state index contributed by atoms with van der Waals surface area (Å²) in [4.78, 5) is 0. The second kappa shape index (κ2) is 7.99. The third-order valence-electron chi connectivity index (χ3n) is 6.88. The molecule has 0 saturated heterocycles. The predicted molar refractivity (Wildman–Crippen MR) is 91.4 cm³/mol. The molecule has 3 saturated carbocycles. The van der Waals surface area contributed by atoms with Gasteiger partial charge in [0.15, 0.2) is 0 Å². The smallest absolute Gasteiger partial charge is 0.0124 e. The average Bonchev–Trinajstić information content (AvgIpc) is 2.56. The monoisotopic (exact) mass is 291 g/mol. The van der Waals surface area contributed by atoms with Crippen molar-refractivity contribution in [3.05, 3.63) is 0 Å². The van der Waals surface area contributed by atoms with Gasteiger partial charge >= 0.3 is 0 Å². The molecule has 122 valence electrons. The van der Waals surface area contributed by atoms with Crippen molar-refractivity contribution in [2.75, 3.05) is 6.54 Å². The second-order valence-electron chi connectivity index (χ2n) is 8.26. The van der Waals surface area contributed by atoms with Crippen LogP contribution in [0, 0.1) is 23.7 Å². The molecule has 4 atom stereocenters. The lowest BCUT2D eigenvalue weighted by molar-refractivity contribution is 0.0848. The Bertz CT molecular complexity index is 294. The molecule has 0 radical (unpaired) electrons. The Kier molecular flexibility index (Phi) is 6.03. The standard InChI is InChI=1S/C20H37N/c1-2-14-21-20(17-9-4-3-5-10-17)19-13-12-16-8-6-7-11-18(16)15-19/h16-21H,2-15H2,1H3. The summed E-state index contributed by atoms with van der Waals surface area (Å²) < 4.78 is 0. The van der Waals surface area contributed by atoms with Crippen molar-refractivity contribution in [3.63, 3.8) is 0 Å². The Hall–Kier alpha value is -0.0400. The van der Waals surface area contributed by atoms with Crippen molar-refractivity contribution in [1.29, 1.82) is 0 Å². The summed E-state index contributed by atoms with van der Waals surface area (Å²) in [5, 5.41) is 4.00. The number of hydrogen-bond acceptors (Lipinski definition) is 1. The van der Waals surface area contributed by atoms with Crippen molar-refractivity contribution in [3.8, 4) is 0 Å². The van der Waals surface area contributed by atoms with Crippen LogP contribution in [0.3, 0.4) is 0 Å². The van der Waals surface area contributed by atoms with Gasteiger partial charge in [-0.3, -0.25) is 0 Å². The van der Waals surface area contributed by atoms with Gasteiger partial charge in [-0.25, -0.2) is 0 Å². The molecule has 3 fully saturated rings. The molecule has 0 aromatic heterocycles. The molecule has 4 unspecified atom stereocenters. The Labute approximate surface area is 132 Å². The summed E-state index contributed by atoms with van der Waals surface area (Å²) >= 11 is 0. The Morgan fingerprint density at radius 3 is 2.24 bits per heavy atom. The number of fused-ring (bicyclic) bond motifs is 1. The number of hydrogen-bond donors (Lipinski definition) is 1. The van der Waals surface area contributed by atoms with Crippen LogP contribution >= 0.6 is 0 Å². The maximum atomic E-state index is 4.00. The van der Waals surface area contributed by atoms with Gasteiger partial charge in [0.05, 0.1) is 0 Å². The zero-order valence-corrected chi connectivity index (χ0v) is 14.3. The Morgan fingerprint density at radius 1 is 0.762 bits per heavy atom.